The number of thiol groups is 1. The number of phenolic OH excluding ortho intramolecular Hbond substituents is 1. The quantitative estimate of drug-likeness (QED) is 0.425. The van der Waals surface area contributed by atoms with Crippen molar-refractivity contribution in [1.29, 1.82) is 0 Å². The Labute approximate surface area is 127 Å². The first kappa shape index (κ1) is 18.1. The fourth-order valence-electron chi connectivity index (χ4n) is 1.28. The largest absolute Gasteiger partial charge is 0.508 e. The molecule has 0 atom stereocenters. The van der Waals surface area contributed by atoms with Gasteiger partial charge in [-0.25, -0.2) is 0 Å². The zero-order chi connectivity index (χ0) is 15.7. The van der Waals surface area contributed by atoms with Gasteiger partial charge in [0.05, 0.1) is 0 Å². The number of allylic oxidation sites excluding steroid dienone is 3. The lowest BCUT2D eigenvalue weighted by Gasteiger charge is -2.08. The van der Waals surface area contributed by atoms with Crippen molar-refractivity contribution in [3.63, 3.8) is 0 Å². The van der Waals surface area contributed by atoms with E-state index in [1.54, 1.807) is 17.6 Å². The van der Waals surface area contributed by atoms with Gasteiger partial charge in [0.25, 0.3) is 0 Å². The smallest absolute Gasteiger partial charge is 0.119 e. The Balaban J connectivity index is 0.000000621. The van der Waals surface area contributed by atoms with Gasteiger partial charge >= 0.3 is 0 Å². The summed E-state index contributed by atoms with van der Waals surface area (Å²) < 4.78 is 0. The molecule has 1 aromatic carbocycles. The van der Waals surface area contributed by atoms with Gasteiger partial charge in [-0.15, -0.1) is 5.73 Å². The number of phenols is 1. The molecule has 0 aliphatic heterocycles. The van der Waals surface area contributed by atoms with Crippen molar-refractivity contribution in [3.05, 3.63) is 71.3 Å². The van der Waals surface area contributed by atoms with Gasteiger partial charge in [0.1, 0.15) is 5.75 Å². The highest BCUT2D eigenvalue weighted by atomic mass is 32.1. The molecule has 0 heterocycles. The van der Waals surface area contributed by atoms with Gasteiger partial charge in [-0.2, -0.15) is 12.6 Å². The lowest BCUT2D eigenvalue weighted by molar-refractivity contribution is 0.471. The third-order valence-electron chi connectivity index (χ3n) is 2.65. The SMILES string of the molecule is C=C=C(C)C.C=CC(=C)c1cc(O)c(C)c(/C=C\S)c1. The van der Waals surface area contributed by atoms with E-state index in [2.05, 4.69) is 38.1 Å². The third kappa shape index (κ3) is 5.83. The van der Waals surface area contributed by atoms with Gasteiger partial charge in [-0.05, 0) is 72.2 Å². The molecule has 0 aliphatic rings. The monoisotopic (exact) mass is 286 g/mol. The van der Waals surface area contributed by atoms with Gasteiger partial charge in [0.15, 0.2) is 0 Å². The molecule has 0 saturated heterocycles. The molecule has 1 aromatic rings. The normalized spacial score (nSPS) is 9.40. The van der Waals surface area contributed by atoms with Crippen LogP contribution in [-0.2, 0) is 0 Å². The van der Waals surface area contributed by atoms with E-state index < -0.39 is 0 Å². The summed E-state index contributed by atoms with van der Waals surface area (Å²) >= 11 is 4.02. The van der Waals surface area contributed by atoms with Gasteiger partial charge in [-0.3, -0.25) is 0 Å². The molecule has 1 N–H and O–H groups in total. The molecule has 0 aliphatic carbocycles. The molecule has 0 fully saturated rings. The summed E-state index contributed by atoms with van der Waals surface area (Å²) in [4.78, 5) is 0. The number of hydrogen-bond acceptors (Lipinski definition) is 2. The Morgan fingerprint density at radius 2 is 1.90 bits per heavy atom. The van der Waals surface area contributed by atoms with Crippen molar-refractivity contribution in [2.75, 3.05) is 0 Å². The highest BCUT2D eigenvalue weighted by molar-refractivity contribution is 7.83. The van der Waals surface area contributed by atoms with Crippen LogP contribution in [0.3, 0.4) is 0 Å². The highest BCUT2D eigenvalue weighted by Crippen LogP contribution is 2.27. The minimum Gasteiger partial charge on any atom is -0.508 e. The Kier molecular flexibility index (Phi) is 8.23. The topological polar surface area (TPSA) is 20.2 Å². The maximum absolute atomic E-state index is 9.72. The van der Waals surface area contributed by atoms with Crippen LogP contribution in [0.15, 0.2) is 54.7 Å². The molecular formula is C18H22OS. The van der Waals surface area contributed by atoms with Crippen molar-refractivity contribution in [2.24, 2.45) is 0 Å². The van der Waals surface area contributed by atoms with E-state index in [0.29, 0.717) is 0 Å². The summed E-state index contributed by atoms with van der Waals surface area (Å²) in [7, 11) is 0. The van der Waals surface area contributed by atoms with Crippen LogP contribution in [0.25, 0.3) is 11.6 Å². The van der Waals surface area contributed by atoms with Crippen LogP contribution in [0.5, 0.6) is 5.75 Å². The number of aromatic hydroxyl groups is 1. The molecule has 0 aromatic heterocycles. The fraction of sp³-hybridized carbons (Fsp3) is 0.167. The van der Waals surface area contributed by atoms with Gasteiger partial charge < -0.3 is 5.11 Å². The second-order valence-corrected chi connectivity index (χ2v) is 4.73. The van der Waals surface area contributed by atoms with E-state index in [4.69, 9.17) is 0 Å². The molecule has 106 valence electrons. The fourth-order valence-corrected chi connectivity index (χ4v) is 1.44. The number of rotatable bonds is 3. The van der Waals surface area contributed by atoms with Crippen LogP contribution in [0.4, 0.5) is 0 Å². The van der Waals surface area contributed by atoms with E-state index in [9.17, 15) is 5.11 Å². The van der Waals surface area contributed by atoms with Crippen LogP contribution >= 0.6 is 12.6 Å². The zero-order valence-corrected chi connectivity index (χ0v) is 13.3. The summed E-state index contributed by atoms with van der Waals surface area (Å²) in [5, 5.41) is 11.4. The van der Waals surface area contributed by atoms with E-state index in [1.807, 2.05) is 32.9 Å². The maximum Gasteiger partial charge on any atom is 0.119 e. The minimum atomic E-state index is 0.261. The van der Waals surface area contributed by atoms with Crippen molar-refractivity contribution in [1.82, 2.24) is 0 Å². The molecule has 0 unspecified atom stereocenters. The highest BCUT2D eigenvalue weighted by Gasteiger charge is 2.05. The molecule has 0 amide bonds. The van der Waals surface area contributed by atoms with Crippen LogP contribution in [-0.4, -0.2) is 5.11 Å². The molecule has 0 bridgehead atoms. The number of benzene rings is 1. The first-order valence-corrected chi connectivity index (χ1v) is 6.68. The predicted octanol–water partition coefficient (Wildman–Crippen LogP) is 5.54. The van der Waals surface area contributed by atoms with E-state index in [1.165, 1.54) is 0 Å². The standard InChI is InChI=1S/C13H14OS.C5H8/c1-4-9(2)12-7-11(5-6-15)10(3)13(14)8-12;1-4-5(2)3/h4-8,14-15H,1-2H2,3H3;1H2,2-3H3/b6-5-;. The van der Waals surface area contributed by atoms with Crippen LogP contribution in [0.2, 0.25) is 0 Å². The van der Waals surface area contributed by atoms with E-state index in [0.717, 1.165) is 27.8 Å². The lowest BCUT2D eigenvalue weighted by Crippen LogP contribution is -1.86. The lowest BCUT2D eigenvalue weighted by atomic mass is 9.99. The molecule has 20 heavy (non-hydrogen) atoms. The molecular weight excluding hydrogens is 264 g/mol. The molecule has 1 nitrogen and oxygen atoms in total. The average molecular weight is 286 g/mol. The number of hydrogen-bond donors (Lipinski definition) is 2. The van der Waals surface area contributed by atoms with Crippen molar-refractivity contribution in [2.45, 2.75) is 20.8 Å². The van der Waals surface area contributed by atoms with Crippen LogP contribution in [0, 0.1) is 6.92 Å². The summed E-state index contributed by atoms with van der Waals surface area (Å²) in [6, 6.07) is 3.64. The Morgan fingerprint density at radius 1 is 1.35 bits per heavy atom. The summed E-state index contributed by atoms with van der Waals surface area (Å²) in [5.41, 5.74) is 7.27. The van der Waals surface area contributed by atoms with Crippen LogP contribution < -0.4 is 0 Å². The van der Waals surface area contributed by atoms with E-state index in [-0.39, 0.29) is 5.75 Å². The molecule has 0 saturated carbocycles. The minimum absolute atomic E-state index is 0.261. The predicted molar refractivity (Wildman–Crippen MR) is 94.1 cm³/mol. The average Bonchev–Trinajstić information content (AvgIpc) is 2.43. The zero-order valence-electron chi connectivity index (χ0n) is 12.4. The Bertz CT molecular complexity index is 569. The first-order chi connectivity index (χ1) is 9.37. The van der Waals surface area contributed by atoms with Gasteiger partial charge in [0.2, 0.25) is 0 Å². The van der Waals surface area contributed by atoms with Gasteiger partial charge in [0, 0.05) is 0 Å². The van der Waals surface area contributed by atoms with Crippen molar-refractivity contribution >= 4 is 24.3 Å². The second-order valence-electron chi connectivity index (χ2n) is 4.43. The summed E-state index contributed by atoms with van der Waals surface area (Å²) in [5.74, 6) is 0.261. The summed E-state index contributed by atoms with van der Waals surface area (Å²) in [6.45, 7) is 16.7. The Morgan fingerprint density at radius 3 is 2.30 bits per heavy atom. The van der Waals surface area contributed by atoms with Crippen molar-refractivity contribution < 1.29 is 5.11 Å². The Hall–Kier alpha value is -1.89. The van der Waals surface area contributed by atoms with Crippen molar-refractivity contribution in [3.8, 4) is 5.75 Å². The third-order valence-corrected chi connectivity index (χ3v) is 2.79. The first-order valence-electron chi connectivity index (χ1n) is 6.16. The molecule has 0 spiro atoms. The molecule has 1 rings (SSSR count). The van der Waals surface area contributed by atoms with Gasteiger partial charge in [-0.1, -0.05) is 25.8 Å². The summed E-state index contributed by atoms with van der Waals surface area (Å²) in [6.07, 6.45) is 3.50. The van der Waals surface area contributed by atoms with Crippen LogP contribution in [0.1, 0.15) is 30.5 Å². The molecule has 0 radical (unpaired) electrons. The second kappa shape index (κ2) is 9.08. The maximum atomic E-state index is 9.72. The van der Waals surface area contributed by atoms with E-state index >= 15 is 0 Å². The molecule has 2 heteroatoms.